The quantitative estimate of drug-likeness (QED) is 0.489. The van der Waals surface area contributed by atoms with E-state index in [9.17, 15) is 13.2 Å². The van der Waals surface area contributed by atoms with Gasteiger partial charge in [0.1, 0.15) is 0 Å². The third kappa shape index (κ3) is 6.48. The summed E-state index contributed by atoms with van der Waals surface area (Å²) in [4.78, 5) is 6.45. The van der Waals surface area contributed by atoms with E-state index >= 15 is 0 Å². The van der Waals surface area contributed by atoms with E-state index in [1.54, 1.807) is 7.05 Å². The molecule has 1 fully saturated rings. The number of unbranched alkanes of at least 4 members (excludes halogenated alkanes) is 1. The van der Waals surface area contributed by atoms with Gasteiger partial charge in [-0.25, -0.2) is 0 Å². The number of likely N-dealkylation sites (tertiary alicyclic amines) is 1. The maximum absolute atomic E-state index is 12.0. The predicted octanol–water partition coefficient (Wildman–Crippen LogP) is 3.27. The standard InChI is InChI=1S/C14H26F3N3/c1-11-8-12(2)10-20(9-11)13(18-3)19-7-5-4-6-14(15,16)17/h11-12H,4-10H2,1-3H3,(H,18,19). The van der Waals surface area contributed by atoms with E-state index < -0.39 is 12.6 Å². The molecule has 1 heterocycles. The van der Waals surface area contributed by atoms with E-state index in [0.29, 0.717) is 24.8 Å². The van der Waals surface area contributed by atoms with Gasteiger partial charge in [-0.2, -0.15) is 13.2 Å². The van der Waals surface area contributed by atoms with Crippen LogP contribution >= 0.6 is 0 Å². The zero-order chi connectivity index (χ0) is 15.2. The highest BCUT2D eigenvalue weighted by Gasteiger charge is 2.26. The molecule has 0 aromatic heterocycles. The fourth-order valence-corrected chi connectivity index (χ4v) is 2.82. The minimum atomic E-state index is -4.04. The SMILES string of the molecule is CN=C(NCCCCC(F)(F)F)N1CC(C)CC(C)C1. The van der Waals surface area contributed by atoms with Crippen LogP contribution in [0.1, 0.15) is 39.5 Å². The number of piperidine rings is 1. The van der Waals surface area contributed by atoms with E-state index in [1.807, 2.05) is 0 Å². The van der Waals surface area contributed by atoms with Gasteiger partial charge in [0.2, 0.25) is 0 Å². The first-order valence-corrected chi connectivity index (χ1v) is 7.34. The number of hydrogen-bond donors (Lipinski definition) is 1. The first-order valence-electron chi connectivity index (χ1n) is 7.34. The Morgan fingerprint density at radius 1 is 1.20 bits per heavy atom. The lowest BCUT2D eigenvalue weighted by atomic mass is 9.92. The van der Waals surface area contributed by atoms with Crippen LogP contribution < -0.4 is 5.32 Å². The molecule has 1 aliphatic heterocycles. The minimum absolute atomic E-state index is 0.167. The van der Waals surface area contributed by atoms with Crippen LogP contribution in [0.5, 0.6) is 0 Å². The number of rotatable bonds is 4. The average Bonchev–Trinajstić information content (AvgIpc) is 2.31. The summed E-state index contributed by atoms with van der Waals surface area (Å²) in [5, 5.41) is 3.18. The minimum Gasteiger partial charge on any atom is -0.356 e. The number of halogens is 3. The first kappa shape index (κ1) is 17.1. The normalized spacial score (nSPS) is 24.9. The highest BCUT2D eigenvalue weighted by molar-refractivity contribution is 5.79. The van der Waals surface area contributed by atoms with Crippen LogP contribution in [0.25, 0.3) is 0 Å². The van der Waals surface area contributed by atoms with Crippen LogP contribution in [-0.4, -0.2) is 43.7 Å². The summed E-state index contributed by atoms with van der Waals surface area (Å²) in [6.45, 7) is 6.92. The lowest BCUT2D eigenvalue weighted by molar-refractivity contribution is -0.135. The van der Waals surface area contributed by atoms with E-state index in [-0.39, 0.29) is 6.42 Å². The van der Waals surface area contributed by atoms with E-state index in [2.05, 4.69) is 29.1 Å². The number of aliphatic imine (C=N–C) groups is 1. The third-order valence-electron chi connectivity index (χ3n) is 3.55. The summed E-state index contributed by atoms with van der Waals surface area (Å²) in [5.74, 6) is 2.07. The molecule has 1 N–H and O–H groups in total. The lowest BCUT2D eigenvalue weighted by Gasteiger charge is -2.37. The molecule has 0 aliphatic carbocycles. The summed E-state index contributed by atoms with van der Waals surface area (Å²) in [5.41, 5.74) is 0. The molecule has 0 amide bonds. The molecule has 1 aliphatic rings. The molecule has 20 heavy (non-hydrogen) atoms. The first-order chi connectivity index (χ1) is 9.31. The largest absolute Gasteiger partial charge is 0.389 e. The smallest absolute Gasteiger partial charge is 0.356 e. The van der Waals surface area contributed by atoms with Crippen molar-refractivity contribution in [1.82, 2.24) is 10.2 Å². The topological polar surface area (TPSA) is 27.6 Å². The van der Waals surface area contributed by atoms with Gasteiger partial charge in [0.05, 0.1) is 0 Å². The molecule has 0 aromatic carbocycles. The number of hydrogen-bond acceptors (Lipinski definition) is 1. The van der Waals surface area contributed by atoms with Gasteiger partial charge in [-0.15, -0.1) is 0 Å². The molecule has 0 radical (unpaired) electrons. The maximum Gasteiger partial charge on any atom is 0.389 e. The molecule has 0 saturated carbocycles. The van der Waals surface area contributed by atoms with E-state index in [0.717, 1.165) is 19.0 Å². The fraction of sp³-hybridized carbons (Fsp3) is 0.929. The van der Waals surface area contributed by atoms with Gasteiger partial charge < -0.3 is 10.2 Å². The summed E-state index contributed by atoms with van der Waals surface area (Å²) in [6, 6.07) is 0. The van der Waals surface area contributed by atoms with Crippen LogP contribution in [0.4, 0.5) is 13.2 Å². The molecule has 1 saturated heterocycles. The van der Waals surface area contributed by atoms with Gasteiger partial charge in [-0.3, -0.25) is 4.99 Å². The van der Waals surface area contributed by atoms with Gasteiger partial charge in [-0.1, -0.05) is 13.8 Å². The Bertz CT molecular complexity index is 305. The van der Waals surface area contributed by atoms with Crippen LogP contribution in [0.3, 0.4) is 0 Å². The summed E-state index contributed by atoms with van der Waals surface area (Å²) < 4.78 is 36.1. The molecule has 0 bridgehead atoms. The molecule has 2 unspecified atom stereocenters. The fourth-order valence-electron chi connectivity index (χ4n) is 2.82. The van der Waals surface area contributed by atoms with Gasteiger partial charge >= 0.3 is 6.18 Å². The molecular formula is C14H26F3N3. The van der Waals surface area contributed by atoms with Crippen molar-refractivity contribution in [1.29, 1.82) is 0 Å². The molecule has 2 atom stereocenters. The summed E-state index contributed by atoms with van der Waals surface area (Å²) in [7, 11) is 1.72. The van der Waals surface area contributed by atoms with Crippen molar-refractivity contribution in [2.45, 2.75) is 45.7 Å². The van der Waals surface area contributed by atoms with Crippen LogP contribution in [-0.2, 0) is 0 Å². The van der Waals surface area contributed by atoms with Crippen molar-refractivity contribution in [3.8, 4) is 0 Å². The van der Waals surface area contributed by atoms with Gasteiger partial charge in [-0.05, 0) is 31.1 Å². The average molecular weight is 293 g/mol. The van der Waals surface area contributed by atoms with Crippen molar-refractivity contribution in [2.24, 2.45) is 16.8 Å². The van der Waals surface area contributed by atoms with Gasteiger partial charge in [0, 0.05) is 33.1 Å². The predicted molar refractivity (Wildman–Crippen MR) is 75.8 cm³/mol. The second-order valence-electron chi connectivity index (χ2n) is 5.90. The van der Waals surface area contributed by atoms with Gasteiger partial charge in [0.25, 0.3) is 0 Å². The molecule has 118 valence electrons. The molecule has 0 spiro atoms. The third-order valence-corrected chi connectivity index (χ3v) is 3.55. The lowest BCUT2D eigenvalue weighted by Crippen LogP contribution is -2.48. The Labute approximate surface area is 119 Å². The van der Waals surface area contributed by atoms with Crippen LogP contribution in [0, 0.1) is 11.8 Å². The van der Waals surface area contributed by atoms with Crippen molar-refractivity contribution < 1.29 is 13.2 Å². The Morgan fingerprint density at radius 2 is 1.80 bits per heavy atom. The van der Waals surface area contributed by atoms with Crippen molar-refractivity contribution >= 4 is 5.96 Å². The number of nitrogens with zero attached hydrogens (tertiary/aromatic N) is 2. The summed E-state index contributed by atoms with van der Waals surface area (Å²) >= 11 is 0. The Hall–Kier alpha value is -0.940. The Balaban J connectivity index is 2.29. The number of guanidine groups is 1. The summed E-state index contributed by atoms with van der Waals surface area (Å²) in [6.07, 6.45) is -2.85. The zero-order valence-corrected chi connectivity index (χ0v) is 12.6. The van der Waals surface area contributed by atoms with Crippen molar-refractivity contribution in [2.75, 3.05) is 26.7 Å². The molecule has 3 nitrogen and oxygen atoms in total. The Morgan fingerprint density at radius 3 is 2.30 bits per heavy atom. The van der Waals surface area contributed by atoms with Crippen LogP contribution in [0.2, 0.25) is 0 Å². The molecular weight excluding hydrogens is 267 g/mol. The molecule has 1 rings (SSSR count). The van der Waals surface area contributed by atoms with E-state index in [4.69, 9.17) is 0 Å². The highest BCUT2D eigenvalue weighted by Crippen LogP contribution is 2.22. The number of alkyl halides is 3. The Kier molecular flexibility index (Phi) is 6.62. The van der Waals surface area contributed by atoms with Crippen LogP contribution in [0.15, 0.2) is 4.99 Å². The second-order valence-corrected chi connectivity index (χ2v) is 5.90. The maximum atomic E-state index is 12.0. The second kappa shape index (κ2) is 7.74. The zero-order valence-electron chi connectivity index (χ0n) is 12.6. The molecule has 0 aromatic rings. The van der Waals surface area contributed by atoms with E-state index in [1.165, 1.54) is 6.42 Å². The molecule has 6 heteroatoms. The monoisotopic (exact) mass is 293 g/mol. The number of nitrogens with one attached hydrogen (secondary N) is 1. The van der Waals surface area contributed by atoms with Crippen molar-refractivity contribution in [3.63, 3.8) is 0 Å². The van der Waals surface area contributed by atoms with Gasteiger partial charge in [0.15, 0.2) is 5.96 Å². The van der Waals surface area contributed by atoms with Crippen molar-refractivity contribution in [3.05, 3.63) is 0 Å². The highest BCUT2D eigenvalue weighted by atomic mass is 19.4.